The lowest BCUT2D eigenvalue weighted by Crippen LogP contribution is -2.41. The Morgan fingerprint density at radius 2 is 1.94 bits per heavy atom. The van der Waals surface area contributed by atoms with E-state index in [2.05, 4.69) is 9.88 Å². The van der Waals surface area contributed by atoms with Crippen LogP contribution in [0.2, 0.25) is 0 Å². The second-order valence-electron chi connectivity index (χ2n) is 9.31. The molecular formula is C24H28F2N2O3. The Morgan fingerprint density at radius 1 is 1.16 bits per heavy atom. The van der Waals surface area contributed by atoms with Gasteiger partial charge in [0.05, 0.1) is 18.3 Å². The third-order valence-corrected chi connectivity index (χ3v) is 5.44. The first kappa shape index (κ1) is 21.5. The van der Waals surface area contributed by atoms with Gasteiger partial charge in [-0.2, -0.15) is 0 Å². The third-order valence-electron chi connectivity index (χ3n) is 5.44. The molecule has 2 fully saturated rings. The standard InChI is InChI=1S/C24H28F2N2O3/c1-24(2,3)31-23(29)19-11-18(15-6-7-15)21(12-20(19)26)30-17-5-4-10-28(14-17)22-9-8-16(25)13-27-22/h8-9,11-13,15,17H,4-7,10,14H2,1-3H3/t17-/m1/s1. The summed E-state index contributed by atoms with van der Waals surface area (Å²) in [6.07, 6.45) is 4.76. The largest absolute Gasteiger partial charge is 0.488 e. The van der Waals surface area contributed by atoms with Crippen LogP contribution >= 0.6 is 0 Å². The van der Waals surface area contributed by atoms with Crippen LogP contribution in [-0.2, 0) is 4.74 Å². The molecule has 0 amide bonds. The molecule has 1 aromatic carbocycles. The van der Waals surface area contributed by atoms with Crippen molar-refractivity contribution in [1.29, 1.82) is 0 Å². The van der Waals surface area contributed by atoms with Gasteiger partial charge < -0.3 is 14.4 Å². The number of anilines is 1. The minimum atomic E-state index is -0.696. The number of hydrogen-bond donors (Lipinski definition) is 0. The summed E-state index contributed by atoms with van der Waals surface area (Å²) in [5, 5.41) is 0. The van der Waals surface area contributed by atoms with Crippen molar-refractivity contribution in [2.75, 3.05) is 18.0 Å². The Bertz CT molecular complexity index is 953. The van der Waals surface area contributed by atoms with Crippen molar-refractivity contribution in [3.8, 4) is 5.75 Å². The molecule has 1 saturated carbocycles. The van der Waals surface area contributed by atoms with Gasteiger partial charge in [-0.15, -0.1) is 0 Å². The van der Waals surface area contributed by atoms with Crippen LogP contribution in [0.5, 0.6) is 5.75 Å². The molecule has 31 heavy (non-hydrogen) atoms. The van der Waals surface area contributed by atoms with Crippen molar-refractivity contribution in [2.24, 2.45) is 0 Å². The second kappa shape index (κ2) is 8.44. The molecule has 1 aromatic heterocycles. The number of esters is 1. The average Bonchev–Trinajstić information content (AvgIpc) is 3.52. The van der Waals surface area contributed by atoms with Crippen molar-refractivity contribution >= 4 is 11.8 Å². The van der Waals surface area contributed by atoms with Gasteiger partial charge in [-0.25, -0.2) is 18.6 Å². The zero-order valence-electron chi connectivity index (χ0n) is 18.2. The van der Waals surface area contributed by atoms with E-state index in [0.717, 1.165) is 37.8 Å². The Labute approximate surface area is 181 Å². The third kappa shape index (κ3) is 5.32. The highest BCUT2D eigenvalue weighted by molar-refractivity contribution is 5.90. The quantitative estimate of drug-likeness (QED) is 0.607. The number of carbonyl (C=O) groups is 1. The lowest BCUT2D eigenvalue weighted by Gasteiger charge is -2.34. The van der Waals surface area contributed by atoms with Gasteiger partial charge in [0, 0.05) is 12.6 Å². The van der Waals surface area contributed by atoms with Crippen molar-refractivity contribution in [1.82, 2.24) is 4.98 Å². The summed E-state index contributed by atoms with van der Waals surface area (Å²) in [7, 11) is 0. The van der Waals surface area contributed by atoms with E-state index in [4.69, 9.17) is 9.47 Å². The summed E-state index contributed by atoms with van der Waals surface area (Å²) in [6.45, 7) is 6.66. The van der Waals surface area contributed by atoms with Crippen molar-refractivity contribution in [2.45, 2.75) is 64.1 Å². The first-order chi connectivity index (χ1) is 14.7. The second-order valence-corrected chi connectivity index (χ2v) is 9.31. The SMILES string of the molecule is CC(C)(C)OC(=O)c1cc(C2CC2)c(O[C@@H]2CCCN(c3ccc(F)cn3)C2)cc1F. The number of carbonyl (C=O) groups excluding carboxylic acids is 1. The fourth-order valence-electron chi connectivity index (χ4n) is 3.85. The number of pyridine rings is 1. The molecule has 7 heteroatoms. The highest BCUT2D eigenvalue weighted by Gasteiger charge is 2.32. The maximum Gasteiger partial charge on any atom is 0.341 e. The molecule has 5 nitrogen and oxygen atoms in total. The molecule has 0 bridgehead atoms. The van der Waals surface area contributed by atoms with Gasteiger partial charge >= 0.3 is 5.97 Å². The van der Waals surface area contributed by atoms with Gasteiger partial charge in [0.2, 0.25) is 0 Å². The topological polar surface area (TPSA) is 51.7 Å². The number of ether oxygens (including phenoxy) is 2. The zero-order chi connectivity index (χ0) is 22.2. The van der Waals surface area contributed by atoms with E-state index in [1.807, 2.05) is 0 Å². The highest BCUT2D eigenvalue weighted by Crippen LogP contribution is 2.45. The molecule has 2 aliphatic rings. The Hall–Kier alpha value is -2.70. The van der Waals surface area contributed by atoms with Crippen molar-refractivity contribution in [3.05, 3.63) is 53.2 Å². The number of rotatable bonds is 5. The predicted molar refractivity (Wildman–Crippen MR) is 114 cm³/mol. The smallest absolute Gasteiger partial charge is 0.341 e. The van der Waals surface area contributed by atoms with E-state index in [9.17, 15) is 13.6 Å². The summed E-state index contributed by atoms with van der Waals surface area (Å²) in [5.74, 6) is -0.209. The van der Waals surface area contributed by atoms with Crippen LogP contribution in [0.1, 0.15) is 68.3 Å². The molecule has 0 unspecified atom stereocenters. The van der Waals surface area contributed by atoms with Gasteiger partial charge in [-0.05, 0) is 76.1 Å². The normalized spacial score (nSPS) is 19.3. The van der Waals surface area contributed by atoms with Crippen LogP contribution in [0.3, 0.4) is 0 Å². The Kier molecular flexibility index (Phi) is 5.86. The molecule has 0 radical (unpaired) electrons. The van der Waals surface area contributed by atoms with Gasteiger partial charge in [-0.3, -0.25) is 0 Å². The van der Waals surface area contributed by atoms with Crippen LogP contribution in [0, 0.1) is 11.6 Å². The number of hydrogen-bond acceptors (Lipinski definition) is 5. The molecule has 1 aliphatic carbocycles. The first-order valence-electron chi connectivity index (χ1n) is 10.8. The summed E-state index contributed by atoms with van der Waals surface area (Å²) >= 11 is 0. The van der Waals surface area contributed by atoms with Crippen LogP contribution < -0.4 is 9.64 Å². The summed E-state index contributed by atoms with van der Waals surface area (Å²) < 4.78 is 39.6. The number of nitrogens with zero attached hydrogens (tertiary/aromatic N) is 2. The summed E-state index contributed by atoms with van der Waals surface area (Å²) in [6, 6.07) is 5.96. The van der Waals surface area contributed by atoms with Gasteiger partial charge in [0.25, 0.3) is 0 Å². The van der Waals surface area contributed by atoms with E-state index < -0.39 is 17.4 Å². The van der Waals surface area contributed by atoms with Gasteiger partial charge in [-0.1, -0.05) is 0 Å². The maximum absolute atomic E-state index is 14.8. The maximum atomic E-state index is 14.8. The fraction of sp³-hybridized carbons (Fsp3) is 0.500. The minimum Gasteiger partial charge on any atom is -0.488 e. The predicted octanol–water partition coefficient (Wildman–Crippen LogP) is 5.24. The van der Waals surface area contributed by atoms with Crippen LogP contribution in [0.4, 0.5) is 14.6 Å². The molecule has 2 heterocycles. The molecule has 1 saturated heterocycles. The monoisotopic (exact) mass is 430 g/mol. The van der Waals surface area contributed by atoms with E-state index in [0.29, 0.717) is 18.1 Å². The molecule has 0 N–H and O–H groups in total. The lowest BCUT2D eigenvalue weighted by molar-refractivity contribution is 0.00645. The number of piperidine rings is 1. The van der Waals surface area contributed by atoms with E-state index >= 15 is 0 Å². The van der Waals surface area contributed by atoms with Gasteiger partial charge in [0.15, 0.2) is 0 Å². The van der Waals surface area contributed by atoms with Crippen LogP contribution in [0.25, 0.3) is 0 Å². The molecule has 0 spiro atoms. The lowest BCUT2D eigenvalue weighted by atomic mass is 10.0. The highest BCUT2D eigenvalue weighted by atomic mass is 19.1. The van der Waals surface area contributed by atoms with E-state index in [1.54, 1.807) is 32.9 Å². The number of aromatic nitrogens is 1. The van der Waals surface area contributed by atoms with Crippen molar-refractivity contribution in [3.63, 3.8) is 0 Å². The van der Waals surface area contributed by atoms with Gasteiger partial charge in [0.1, 0.15) is 34.9 Å². The molecular weight excluding hydrogens is 402 g/mol. The number of benzene rings is 1. The van der Waals surface area contributed by atoms with Crippen molar-refractivity contribution < 1.29 is 23.0 Å². The van der Waals surface area contributed by atoms with E-state index in [-0.39, 0.29) is 23.4 Å². The Balaban J connectivity index is 1.53. The number of halogens is 2. The molecule has 2 aromatic rings. The molecule has 1 atom stereocenters. The fourth-order valence-corrected chi connectivity index (χ4v) is 3.85. The summed E-state index contributed by atoms with van der Waals surface area (Å²) in [4.78, 5) is 18.7. The zero-order valence-corrected chi connectivity index (χ0v) is 18.2. The van der Waals surface area contributed by atoms with Crippen LogP contribution in [-0.4, -0.2) is 35.7 Å². The van der Waals surface area contributed by atoms with E-state index in [1.165, 1.54) is 18.3 Å². The molecule has 1 aliphatic heterocycles. The Morgan fingerprint density at radius 3 is 2.58 bits per heavy atom. The summed E-state index contributed by atoms with van der Waals surface area (Å²) in [5.41, 5.74) is 0.113. The molecule has 166 valence electrons. The minimum absolute atomic E-state index is 0.0510. The van der Waals surface area contributed by atoms with Crippen LogP contribution in [0.15, 0.2) is 30.5 Å². The average molecular weight is 430 g/mol. The first-order valence-corrected chi connectivity index (χ1v) is 10.8. The molecule has 4 rings (SSSR count).